The third kappa shape index (κ3) is 2.38. The first-order valence-corrected chi connectivity index (χ1v) is 8.14. The molecule has 120 valence electrons. The quantitative estimate of drug-likeness (QED) is 0.729. The van der Waals surface area contributed by atoms with Gasteiger partial charge in [0.2, 0.25) is 0 Å². The molecule has 0 bridgehead atoms. The lowest BCUT2D eigenvalue weighted by Crippen LogP contribution is -2.38. The summed E-state index contributed by atoms with van der Waals surface area (Å²) in [7, 11) is 0. The topological polar surface area (TPSA) is 46.3 Å². The Morgan fingerprint density at radius 1 is 0.875 bits per heavy atom. The van der Waals surface area contributed by atoms with Crippen molar-refractivity contribution in [2.24, 2.45) is 4.99 Å². The predicted octanol–water partition coefficient (Wildman–Crippen LogP) is 4.13. The number of hydrogen-bond acceptors (Lipinski definition) is 4. The monoisotopic (exact) mass is 317 g/mol. The highest BCUT2D eigenvalue weighted by Crippen LogP contribution is 2.34. The first-order chi connectivity index (χ1) is 11.8. The molecule has 1 atom stereocenters. The van der Waals surface area contributed by atoms with E-state index in [1.165, 1.54) is 5.56 Å². The molecule has 0 aliphatic carbocycles. The SMILES string of the molecule is CC(C)c1nnc2n1N(c1ccccc1)C(c1ccccc1)C=N2. The van der Waals surface area contributed by atoms with Crippen LogP contribution in [0.3, 0.4) is 0 Å². The van der Waals surface area contributed by atoms with E-state index < -0.39 is 0 Å². The molecule has 0 fully saturated rings. The molecular weight excluding hydrogens is 298 g/mol. The van der Waals surface area contributed by atoms with Crippen molar-refractivity contribution in [1.82, 2.24) is 14.9 Å². The highest BCUT2D eigenvalue weighted by atomic mass is 15.6. The number of anilines is 1. The van der Waals surface area contributed by atoms with E-state index in [-0.39, 0.29) is 12.0 Å². The van der Waals surface area contributed by atoms with Crippen molar-refractivity contribution in [3.05, 3.63) is 72.1 Å². The molecule has 3 aromatic rings. The Morgan fingerprint density at radius 3 is 2.21 bits per heavy atom. The minimum Gasteiger partial charge on any atom is -0.264 e. The van der Waals surface area contributed by atoms with Gasteiger partial charge in [-0.1, -0.05) is 62.4 Å². The first-order valence-electron chi connectivity index (χ1n) is 8.14. The summed E-state index contributed by atoms with van der Waals surface area (Å²) in [5.74, 6) is 1.78. The van der Waals surface area contributed by atoms with Gasteiger partial charge in [-0.05, 0) is 17.7 Å². The normalized spacial score (nSPS) is 16.5. The number of aromatic nitrogens is 3. The molecule has 0 saturated carbocycles. The third-order valence-corrected chi connectivity index (χ3v) is 4.14. The van der Waals surface area contributed by atoms with Crippen LogP contribution in [0.15, 0.2) is 65.7 Å². The molecule has 0 spiro atoms. The van der Waals surface area contributed by atoms with Crippen molar-refractivity contribution in [3.8, 4) is 0 Å². The Kier molecular flexibility index (Phi) is 3.61. The van der Waals surface area contributed by atoms with Gasteiger partial charge in [0.1, 0.15) is 6.04 Å². The fourth-order valence-corrected chi connectivity index (χ4v) is 2.99. The summed E-state index contributed by atoms with van der Waals surface area (Å²) >= 11 is 0. The second-order valence-corrected chi connectivity index (χ2v) is 6.14. The van der Waals surface area contributed by atoms with E-state index in [0.717, 1.165) is 11.5 Å². The zero-order valence-electron chi connectivity index (χ0n) is 13.7. The maximum Gasteiger partial charge on any atom is 0.270 e. The molecule has 0 amide bonds. The van der Waals surface area contributed by atoms with E-state index in [9.17, 15) is 0 Å². The van der Waals surface area contributed by atoms with E-state index in [0.29, 0.717) is 5.95 Å². The zero-order valence-corrected chi connectivity index (χ0v) is 13.7. The van der Waals surface area contributed by atoms with Crippen LogP contribution >= 0.6 is 0 Å². The summed E-state index contributed by atoms with van der Waals surface area (Å²) in [5.41, 5.74) is 2.26. The van der Waals surface area contributed by atoms with Crippen LogP contribution in [0.25, 0.3) is 0 Å². The Bertz CT molecular complexity index is 852. The molecule has 5 nitrogen and oxygen atoms in total. The smallest absolute Gasteiger partial charge is 0.264 e. The summed E-state index contributed by atoms with van der Waals surface area (Å²) in [6.45, 7) is 4.24. The average Bonchev–Trinajstić information content (AvgIpc) is 3.07. The number of fused-ring (bicyclic) bond motifs is 1. The number of rotatable bonds is 3. The molecule has 24 heavy (non-hydrogen) atoms. The van der Waals surface area contributed by atoms with Crippen LogP contribution in [-0.2, 0) is 0 Å². The van der Waals surface area contributed by atoms with E-state index in [4.69, 9.17) is 0 Å². The molecule has 0 radical (unpaired) electrons. The molecule has 5 heteroatoms. The van der Waals surface area contributed by atoms with Gasteiger partial charge in [-0.15, -0.1) is 10.2 Å². The van der Waals surface area contributed by atoms with Gasteiger partial charge in [0.15, 0.2) is 5.82 Å². The fourth-order valence-electron chi connectivity index (χ4n) is 2.99. The van der Waals surface area contributed by atoms with E-state index in [1.54, 1.807) is 0 Å². The highest BCUT2D eigenvalue weighted by molar-refractivity contribution is 5.77. The number of aliphatic imine (C=N–C) groups is 1. The summed E-state index contributed by atoms with van der Waals surface area (Å²) in [6.07, 6.45) is 1.94. The molecule has 2 heterocycles. The molecule has 4 rings (SSSR count). The van der Waals surface area contributed by atoms with Gasteiger partial charge in [-0.2, -0.15) is 0 Å². The molecular formula is C19H19N5. The molecule has 2 aromatic carbocycles. The molecule has 1 aromatic heterocycles. The standard InChI is InChI=1S/C19H19N5/c1-14(2)18-21-22-19-20-13-17(15-9-5-3-6-10-15)23(24(18)19)16-11-7-4-8-12-16/h3-14,17H,1-2H3. The Hall–Kier alpha value is -2.95. The molecule has 0 saturated heterocycles. The fraction of sp³-hybridized carbons (Fsp3) is 0.211. The van der Waals surface area contributed by atoms with Gasteiger partial charge < -0.3 is 0 Å². The summed E-state index contributed by atoms with van der Waals surface area (Å²) in [6, 6.07) is 20.7. The van der Waals surface area contributed by atoms with Crippen molar-refractivity contribution in [3.63, 3.8) is 0 Å². The van der Waals surface area contributed by atoms with Crippen LogP contribution < -0.4 is 5.01 Å². The minimum atomic E-state index is -0.00500. The molecule has 1 aliphatic rings. The number of hydrogen-bond donors (Lipinski definition) is 0. The van der Waals surface area contributed by atoms with Gasteiger partial charge in [-0.25, -0.2) is 9.67 Å². The Morgan fingerprint density at radius 2 is 1.54 bits per heavy atom. The van der Waals surface area contributed by atoms with Crippen LogP contribution in [0.2, 0.25) is 0 Å². The van der Waals surface area contributed by atoms with Gasteiger partial charge in [0, 0.05) is 12.1 Å². The maximum atomic E-state index is 4.55. The van der Waals surface area contributed by atoms with Crippen LogP contribution in [0.5, 0.6) is 0 Å². The average molecular weight is 317 g/mol. The summed E-state index contributed by atoms with van der Waals surface area (Å²) in [4.78, 5) is 4.55. The summed E-state index contributed by atoms with van der Waals surface area (Å²) < 4.78 is 2.04. The number of nitrogens with zero attached hydrogens (tertiary/aromatic N) is 5. The van der Waals surface area contributed by atoms with Crippen molar-refractivity contribution in [2.75, 3.05) is 5.01 Å². The summed E-state index contributed by atoms with van der Waals surface area (Å²) in [5, 5.41) is 10.8. The Balaban J connectivity index is 1.91. The zero-order chi connectivity index (χ0) is 16.5. The van der Waals surface area contributed by atoms with Crippen molar-refractivity contribution >= 4 is 17.9 Å². The first kappa shape index (κ1) is 14.6. The third-order valence-electron chi connectivity index (χ3n) is 4.14. The van der Waals surface area contributed by atoms with Crippen LogP contribution in [0.4, 0.5) is 11.6 Å². The predicted molar refractivity (Wildman–Crippen MR) is 95.8 cm³/mol. The number of benzene rings is 2. The van der Waals surface area contributed by atoms with Crippen molar-refractivity contribution in [1.29, 1.82) is 0 Å². The number of para-hydroxylation sites is 1. The van der Waals surface area contributed by atoms with Crippen molar-refractivity contribution < 1.29 is 0 Å². The minimum absolute atomic E-state index is 0.00500. The second kappa shape index (κ2) is 5.92. The lowest BCUT2D eigenvalue weighted by Gasteiger charge is -2.35. The second-order valence-electron chi connectivity index (χ2n) is 6.14. The van der Waals surface area contributed by atoms with Gasteiger partial charge in [-0.3, -0.25) is 5.01 Å². The van der Waals surface area contributed by atoms with Crippen LogP contribution in [0, 0.1) is 0 Å². The molecule has 1 unspecified atom stereocenters. The maximum absolute atomic E-state index is 4.55. The van der Waals surface area contributed by atoms with E-state index >= 15 is 0 Å². The van der Waals surface area contributed by atoms with E-state index in [1.807, 2.05) is 35.2 Å². The largest absolute Gasteiger partial charge is 0.270 e. The van der Waals surface area contributed by atoms with Gasteiger partial charge in [0.25, 0.3) is 5.95 Å². The molecule has 0 N–H and O–H groups in total. The Labute approximate surface area is 141 Å². The van der Waals surface area contributed by atoms with Crippen molar-refractivity contribution in [2.45, 2.75) is 25.8 Å². The van der Waals surface area contributed by atoms with Crippen LogP contribution in [-0.4, -0.2) is 21.1 Å². The lowest BCUT2D eigenvalue weighted by molar-refractivity contribution is 0.593. The molecule has 1 aliphatic heterocycles. The lowest BCUT2D eigenvalue weighted by atomic mass is 10.1. The highest BCUT2D eigenvalue weighted by Gasteiger charge is 2.30. The van der Waals surface area contributed by atoms with E-state index in [2.05, 4.69) is 70.4 Å². The van der Waals surface area contributed by atoms with Gasteiger partial charge >= 0.3 is 0 Å². The van der Waals surface area contributed by atoms with Gasteiger partial charge in [0.05, 0.1) is 5.69 Å². The van der Waals surface area contributed by atoms with Crippen LogP contribution in [0.1, 0.15) is 37.2 Å².